The van der Waals surface area contributed by atoms with Crippen LogP contribution in [0.15, 0.2) is 47.6 Å². The van der Waals surface area contributed by atoms with Crippen molar-refractivity contribution in [2.45, 2.75) is 10.9 Å². The minimum atomic E-state index is -4.20. The van der Waals surface area contributed by atoms with Gasteiger partial charge in [0.1, 0.15) is 16.5 Å². The Balaban J connectivity index is 1.82. The number of morpholine rings is 1. The first-order valence-corrected chi connectivity index (χ1v) is 9.62. The van der Waals surface area contributed by atoms with E-state index in [1.807, 2.05) is 6.07 Å². The molecule has 1 unspecified atom stereocenters. The summed E-state index contributed by atoms with van der Waals surface area (Å²) in [5.74, 6) is -1.81. The number of hydrogen-bond donors (Lipinski definition) is 1. The standard InChI is InChI=1S/C17H19F2N3O3S/c18-14-3-4-15(19)17(10-14)26(23,24)21-12-16(13-2-1-5-20-11-13)22-6-8-25-9-7-22/h1-5,10-11,16,21H,6-9,12H2. The molecule has 1 fully saturated rings. The van der Waals surface area contributed by atoms with E-state index in [4.69, 9.17) is 4.74 Å². The number of aromatic nitrogens is 1. The van der Waals surface area contributed by atoms with E-state index in [0.29, 0.717) is 32.4 Å². The molecule has 0 amide bonds. The van der Waals surface area contributed by atoms with Crippen molar-refractivity contribution >= 4 is 10.0 Å². The molecular weight excluding hydrogens is 364 g/mol. The topological polar surface area (TPSA) is 71.5 Å². The first-order valence-electron chi connectivity index (χ1n) is 8.14. The van der Waals surface area contributed by atoms with E-state index in [1.54, 1.807) is 18.5 Å². The lowest BCUT2D eigenvalue weighted by Crippen LogP contribution is -2.43. The van der Waals surface area contributed by atoms with Gasteiger partial charge in [-0.3, -0.25) is 9.88 Å². The first kappa shape index (κ1) is 18.8. The molecule has 1 aromatic heterocycles. The molecular formula is C17H19F2N3O3S. The zero-order chi connectivity index (χ0) is 18.6. The van der Waals surface area contributed by atoms with Gasteiger partial charge in [0.25, 0.3) is 0 Å². The molecule has 1 aliphatic heterocycles. The highest BCUT2D eigenvalue weighted by Crippen LogP contribution is 2.22. The van der Waals surface area contributed by atoms with Gasteiger partial charge in [0.2, 0.25) is 10.0 Å². The van der Waals surface area contributed by atoms with E-state index < -0.39 is 26.6 Å². The molecule has 0 spiro atoms. The van der Waals surface area contributed by atoms with Gasteiger partial charge in [-0.25, -0.2) is 21.9 Å². The summed E-state index contributed by atoms with van der Waals surface area (Å²) < 4.78 is 59.8. The van der Waals surface area contributed by atoms with E-state index in [0.717, 1.165) is 17.7 Å². The summed E-state index contributed by atoms with van der Waals surface area (Å²) in [4.78, 5) is 5.45. The number of rotatable bonds is 6. The lowest BCUT2D eigenvalue weighted by atomic mass is 10.1. The molecule has 0 saturated carbocycles. The van der Waals surface area contributed by atoms with E-state index in [9.17, 15) is 17.2 Å². The van der Waals surface area contributed by atoms with Crippen molar-refractivity contribution < 1.29 is 21.9 Å². The van der Waals surface area contributed by atoms with E-state index in [2.05, 4.69) is 14.6 Å². The van der Waals surface area contributed by atoms with E-state index in [1.165, 1.54) is 0 Å². The summed E-state index contributed by atoms with van der Waals surface area (Å²) in [7, 11) is -4.20. The second-order valence-corrected chi connectivity index (χ2v) is 7.61. The largest absolute Gasteiger partial charge is 0.379 e. The molecule has 1 N–H and O–H groups in total. The van der Waals surface area contributed by atoms with Crippen LogP contribution >= 0.6 is 0 Å². The van der Waals surface area contributed by atoms with Crippen LogP contribution in [0.1, 0.15) is 11.6 Å². The van der Waals surface area contributed by atoms with Gasteiger partial charge in [-0.2, -0.15) is 0 Å². The molecule has 26 heavy (non-hydrogen) atoms. The highest BCUT2D eigenvalue weighted by molar-refractivity contribution is 7.89. The summed E-state index contributed by atoms with van der Waals surface area (Å²) >= 11 is 0. The maximum absolute atomic E-state index is 13.8. The summed E-state index contributed by atoms with van der Waals surface area (Å²) in [6.07, 6.45) is 3.30. The van der Waals surface area contributed by atoms with Gasteiger partial charge in [-0.1, -0.05) is 6.07 Å². The van der Waals surface area contributed by atoms with Gasteiger partial charge in [0.05, 0.1) is 19.3 Å². The molecule has 1 aliphatic rings. The normalized spacial score (nSPS) is 17.2. The summed E-state index contributed by atoms with van der Waals surface area (Å²) in [5, 5.41) is 0. The predicted octanol–water partition coefficient (Wildman–Crippen LogP) is 1.71. The molecule has 2 heterocycles. The molecule has 1 atom stereocenters. The Hall–Kier alpha value is -1.94. The Kier molecular flexibility index (Phi) is 5.92. The van der Waals surface area contributed by atoms with Crippen molar-refractivity contribution in [3.8, 4) is 0 Å². The fourth-order valence-corrected chi connectivity index (χ4v) is 3.99. The number of nitrogens with one attached hydrogen (secondary N) is 1. The molecule has 3 rings (SSSR count). The Morgan fingerprint density at radius 1 is 1.23 bits per heavy atom. The summed E-state index contributed by atoms with van der Waals surface area (Å²) in [5.41, 5.74) is 0.830. The Labute approximate surface area is 150 Å². The number of pyridine rings is 1. The molecule has 0 aliphatic carbocycles. The first-order chi connectivity index (χ1) is 12.5. The highest BCUT2D eigenvalue weighted by atomic mass is 32.2. The lowest BCUT2D eigenvalue weighted by molar-refractivity contribution is 0.0171. The van der Waals surface area contributed by atoms with E-state index in [-0.39, 0.29) is 12.6 Å². The molecule has 1 saturated heterocycles. The van der Waals surface area contributed by atoms with Crippen LogP contribution < -0.4 is 4.72 Å². The zero-order valence-electron chi connectivity index (χ0n) is 13.9. The van der Waals surface area contributed by atoms with Crippen LogP contribution in [0.5, 0.6) is 0 Å². The quantitative estimate of drug-likeness (QED) is 0.822. The van der Waals surface area contributed by atoms with E-state index >= 15 is 0 Å². The van der Waals surface area contributed by atoms with Crippen molar-refractivity contribution in [3.63, 3.8) is 0 Å². The van der Waals surface area contributed by atoms with Crippen LogP contribution in [0, 0.1) is 11.6 Å². The molecule has 0 bridgehead atoms. The van der Waals surface area contributed by atoms with Gasteiger partial charge < -0.3 is 4.74 Å². The molecule has 0 radical (unpaired) electrons. The number of hydrogen-bond acceptors (Lipinski definition) is 5. The molecule has 2 aromatic rings. The fourth-order valence-electron chi connectivity index (χ4n) is 2.87. The number of benzene rings is 1. The number of halogens is 2. The summed E-state index contributed by atoms with van der Waals surface area (Å²) in [6.45, 7) is 2.36. The van der Waals surface area contributed by atoms with Crippen molar-refractivity contribution in [2.75, 3.05) is 32.8 Å². The lowest BCUT2D eigenvalue weighted by Gasteiger charge is -2.34. The Bertz CT molecular complexity index is 844. The van der Waals surface area contributed by atoms with Crippen molar-refractivity contribution in [2.24, 2.45) is 0 Å². The molecule has 140 valence electrons. The minimum absolute atomic E-state index is 0.00395. The molecule has 1 aromatic carbocycles. The summed E-state index contributed by atoms with van der Waals surface area (Å²) in [6, 6.07) is 5.67. The minimum Gasteiger partial charge on any atom is -0.379 e. The monoisotopic (exact) mass is 383 g/mol. The predicted molar refractivity (Wildman–Crippen MR) is 90.9 cm³/mol. The van der Waals surface area contributed by atoms with Crippen LogP contribution in [0.4, 0.5) is 8.78 Å². The maximum atomic E-state index is 13.8. The van der Waals surface area contributed by atoms with Gasteiger partial charge in [0.15, 0.2) is 0 Å². The smallest absolute Gasteiger partial charge is 0.243 e. The third kappa shape index (κ3) is 4.42. The van der Waals surface area contributed by atoms with Gasteiger partial charge in [-0.15, -0.1) is 0 Å². The van der Waals surface area contributed by atoms with Gasteiger partial charge in [0, 0.05) is 32.0 Å². The molecule has 6 nitrogen and oxygen atoms in total. The second-order valence-electron chi connectivity index (χ2n) is 5.88. The second kappa shape index (κ2) is 8.17. The fraction of sp³-hybridized carbons (Fsp3) is 0.353. The van der Waals surface area contributed by atoms with Crippen LogP contribution in [0.2, 0.25) is 0 Å². The third-order valence-electron chi connectivity index (χ3n) is 4.21. The maximum Gasteiger partial charge on any atom is 0.243 e. The van der Waals surface area contributed by atoms with Crippen LogP contribution in [-0.4, -0.2) is 51.1 Å². The van der Waals surface area contributed by atoms with Gasteiger partial charge >= 0.3 is 0 Å². The van der Waals surface area contributed by atoms with Crippen molar-refractivity contribution in [3.05, 3.63) is 59.9 Å². The number of ether oxygens (including phenoxy) is 1. The van der Waals surface area contributed by atoms with Crippen LogP contribution in [-0.2, 0) is 14.8 Å². The Morgan fingerprint density at radius 3 is 2.69 bits per heavy atom. The Morgan fingerprint density at radius 2 is 2.00 bits per heavy atom. The SMILES string of the molecule is O=S(=O)(NCC(c1cccnc1)N1CCOCC1)c1cc(F)ccc1F. The highest BCUT2D eigenvalue weighted by Gasteiger charge is 2.26. The number of sulfonamides is 1. The zero-order valence-corrected chi connectivity index (χ0v) is 14.8. The van der Waals surface area contributed by atoms with Crippen molar-refractivity contribution in [1.82, 2.24) is 14.6 Å². The average molecular weight is 383 g/mol. The van der Waals surface area contributed by atoms with Crippen LogP contribution in [0.3, 0.4) is 0 Å². The average Bonchev–Trinajstić information content (AvgIpc) is 2.65. The van der Waals surface area contributed by atoms with Crippen molar-refractivity contribution in [1.29, 1.82) is 0 Å². The third-order valence-corrected chi connectivity index (χ3v) is 5.64. The number of nitrogens with zero attached hydrogens (tertiary/aromatic N) is 2. The van der Waals surface area contributed by atoms with Gasteiger partial charge in [-0.05, 0) is 29.8 Å². The molecule has 9 heteroatoms. The van der Waals surface area contributed by atoms with Crippen LogP contribution in [0.25, 0.3) is 0 Å².